The molecule has 1 amide bonds. The van der Waals surface area contributed by atoms with Crippen molar-refractivity contribution in [1.29, 1.82) is 0 Å². The fourth-order valence-corrected chi connectivity index (χ4v) is 4.57. The van der Waals surface area contributed by atoms with Crippen molar-refractivity contribution in [3.63, 3.8) is 0 Å². The molecule has 3 rings (SSSR count). The highest BCUT2D eigenvalue weighted by Gasteiger charge is 2.15. The maximum Gasteiger partial charge on any atom is 0.269 e. The molecule has 0 aliphatic heterocycles. The van der Waals surface area contributed by atoms with Gasteiger partial charge in [0.15, 0.2) is 0 Å². The first-order valence-corrected chi connectivity index (χ1v) is 12.0. The number of nitrogens with one attached hydrogen (secondary N) is 1. The van der Waals surface area contributed by atoms with Crippen LogP contribution >= 0.6 is 34.6 Å². The van der Waals surface area contributed by atoms with Crippen molar-refractivity contribution in [3.8, 4) is 10.4 Å². The smallest absolute Gasteiger partial charge is 0.269 e. The van der Waals surface area contributed by atoms with Crippen molar-refractivity contribution < 1.29 is 4.79 Å². The Balaban J connectivity index is 0.00000101. The number of anilines is 1. The number of amides is 1. The fourth-order valence-electron chi connectivity index (χ4n) is 2.51. The standard InChI is InChI=1S/C19H18N4OS3.C3H8/c1-5-25-19(20-4)13-7-6-11(2)14(10-13)15-8-9-16(26-15)21-18(24)17-12(3)22-23-27-17;1-3-2/h5-10H,1H2,2-4H3,(H,21,24);3H2,1-2H3. The number of benzene rings is 1. The highest BCUT2D eigenvalue weighted by molar-refractivity contribution is 8.16. The van der Waals surface area contributed by atoms with E-state index in [-0.39, 0.29) is 5.91 Å². The number of hydrogen-bond donors (Lipinski definition) is 1. The topological polar surface area (TPSA) is 67.2 Å². The third-order valence-corrected chi connectivity index (χ3v) is 6.52. The first-order chi connectivity index (χ1) is 14.4. The van der Waals surface area contributed by atoms with E-state index in [1.165, 1.54) is 35.1 Å². The molecule has 0 radical (unpaired) electrons. The van der Waals surface area contributed by atoms with E-state index < -0.39 is 0 Å². The Morgan fingerprint density at radius 3 is 2.60 bits per heavy atom. The van der Waals surface area contributed by atoms with Gasteiger partial charge in [0.2, 0.25) is 0 Å². The maximum absolute atomic E-state index is 12.4. The summed E-state index contributed by atoms with van der Waals surface area (Å²) in [5.41, 5.74) is 3.98. The molecule has 0 unspecified atom stereocenters. The Morgan fingerprint density at radius 2 is 2.00 bits per heavy atom. The van der Waals surface area contributed by atoms with Gasteiger partial charge in [0, 0.05) is 17.5 Å². The zero-order chi connectivity index (χ0) is 22.1. The number of aliphatic imine (C=N–C) groups is 1. The lowest BCUT2D eigenvalue weighted by atomic mass is 10.0. The summed E-state index contributed by atoms with van der Waals surface area (Å²) >= 11 is 4.14. The molecule has 0 aliphatic carbocycles. The van der Waals surface area contributed by atoms with Crippen LogP contribution in [0.4, 0.5) is 5.00 Å². The fraction of sp³-hybridized carbons (Fsp3) is 0.273. The number of carbonyl (C=O) groups excluding carboxylic acids is 1. The zero-order valence-corrected chi connectivity index (χ0v) is 20.3. The van der Waals surface area contributed by atoms with Crippen molar-refractivity contribution in [1.82, 2.24) is 9.59 Å². The molecule has 0 saturated carbocycles. The Kier molecular flexibility index (Phi) is 9.42. The quantitative estimate of drug-likeness (QED) is 0.337. The Hall–Kier alpha value is -2.29. The number of hydrogen-bond acceptors (Lipinski definition) is 7. The van der Waals surface area contributed by atoms with E-state index in [0.29, 0.717) is 10.6 Å². The number of aryl methyl sites for hydroxylation is 2. The molecule has 1 aromatic carbocycles. The average molecular weight is 459 g/mol. The molecular formula is C22H26N4OS3. The summed E-state index contributed by atoms with van der Waals surface area (Å²) in [5, 5.41) is 10.3. The maximum atomic E-state index is 12.4. The molecule has 2 aromatic heterocycles. The summed E-state index contributed by atoms with van der Waals surface area (Å²) in [7, 11) is 1.78. The van der Waals surface area contributed by atoms with Crippen LogP contribution in [-0.2, 0) is 0 Å². The summed E-state index contributed by atoms with van der Waals surface area (Å²) in [6, 6.07) is 10.2. The minimum atomic E-state index is -0.177. The van der Waals surface area contributed by atoms with Crippen LogP contribution < -0.4 is 5.32 Å². The number of aromatic nitrogens is 2. The van der Waals surface area contributed by atoms with E-state index in [1.54, 1.807) is 19.4 Å². The van der Waals surface area contributed by atoms with Gasteiger partial charge in [-0.05, 0) is 60.1 Å². The Morgan fingerprint density at radius 1 is 1.27 bits per heavy atom. The molecular weight excluding hydrogens is 432 g/mol. The van der Waals surface area contributed by atoms with Crippen LogP contribution in [0.2, 0.25) is 0 Å². The molecule has 0 spiro atoms. The van der Waals surface area contributed by atoms with Gasteiger partial charge in [0.05, 0.1) is 10.7 Å². The number of nitrogens with zero attached hydrogens (tertiary/aromatic N) is 3. The first-order valence-electron chi connectivity index (χ1n) is 9.50. The van der Waals surface area contributed by atoms with E-state index in [9.17, 15) is 4.79 Å². The van der Waals surface area contributed by atoms with Gasteiger partial charge < -0.3 is 5.32 Å². The highest BCUT2D eigenvalue weighted by atomic mass is 32.2. The molecule has 0 bridgehead atoms. The van der Waals surface area contributed by atoms with Gasteiger partial charge in [-0.25, -0.2) is 0 Å². The molecule has 5 nitrogen and oxygen atoms in total. The van der Waals surface area contributed by atoms with Crippen molar-refractivity contribution in [3.05, 3.63) is 64.0 Å². The van der Waals surface area contributed by atoms with Gasteiger partial charge in [-0.2, -0.15) is 0 Å². The van der Waals surface area contributed by atoms with E-state index in [4.69, 9.17) is 0 Å². The second kappa shape index (κ2) is 11.8. The van der Waals surface area contributed by atoms with Crippen molar-refractivity contribution in [2.75, 3.05) is 12.4 Å². The minimum Gasteiger partial charge on any atom is -0.313 e. The third kappa shape index (κ3) is 6.10. The molecule has 0 aliphatic rings. The van der Waals surface area contributed by atoms with Crippen molar-refractivity contribution in [2.24, 2.45) is 4.99 Å². The summed E-state index contributed by atoms with van der Waals surface area (Å²) < 4.78 is 3.81. The summed E-state index contributed by atoms with van der Waals surface area (Å²) in [6.45, 7) is 11.9. The van der Waals surface area contributed by atoms with Crippen molar-refractivity contribution >= 4 is 50.6 Å². The second-order valence-corrected chi connectivity index (χ2v) is 9.15. The summed E-state index contributed by atoms with van der Waals surface area (Å²) in [6.07, 6.45) is 1.25. The normalized spacial score (nSPS) is 10.9. The van der Waals surface area contributed by atoms with E-state index in [0.717, 1.165) is 37.6 Å². The second-order valence-electron chi connectivity index (χ2n) is 6.36. The van der Waals surface area contributed by atoms with Crippen molar-refractivity contribution in [2.45, 2.75) is 34.1 Å². The highest BCUT2D eigenvalue weighted by Crippen LogP contribution is 2.35. The van der Waals surface area contributed by atoms with Gasteiger partial charge >= 0.3 is 0 Å². The SMILES string of the molecule is C=CSC(=NC)c1ccc(C)c(-c2ccc(NC(=O)c3snnc3C)s2)c1.CCC. The van der Waals surface area contributed by atoms with Crippen LogP contribution in [0, 0.1) is 13.8 Å². The lowest BCUT2D eigenvalue weighted by Crippen LogP contribution is -2.10. The molecule has 1 N–H and O–H groups in total. The number of thiophene rings is 1. The number of thioether (sulfide) groups is 1. The molecule has 0 saturated heterocycles. The monoisotopic (exact) mass is 458 g/mol. The van der Waals surface area contributed by atoms with Crippen LogP contribution in [0.1, 0.15) is 46.8 Å². The largest absolute Gasteiger partial charge is 0.313 e. The molecule has 8 heteroatoms. The number of carbonyl (C=O) groups is 1. The van der Waals surface area contributed by atoms with Crippen LogP contribution in [0.25, 0.3) is 10.4 Å². The zero-order valence-electron chi connectivity index (χ0n) is 17.9. The van der Waals surface area contributed by atoms with Gasteiger partial charge in [-0.15, -0.1) is 16.4 Å². The molecule has 158 valence electrons. The van der Waals surface area contributed by atoms with E-state index in [2.05, 4.69) is 65.4 Å². The lowest BCUT2D eigenvalue weighted by Gasteiger charge is -2.08. The predicted octanol–water partition coefficient (Wildman–Crippen LogP) is 6.81. The van der Waals surface area contributed by atoms with Gasteiger partial charge in [-0.1, -0.05) is 55.2 Å². The molecule has 2 heterocycles. The third-order valence-electron chi connectivity index (χ3n) is 3.85. The molecule has 3 aromatic rings. The van der Waals surface area contributed by atoms with Crippen LogP contribution in [0.5, 0.6) is 0 Å². The van der Waals surface area contributed by atoms with Gasteiger partial charge in [-0.3, -0.25) is 9.79 Å². The average Bonchev–Trinajstić information content (AvgIpc) is 3.36. The number of rotatable bonds is 5. The Labute approximate surface area is 190 Å². The predicted molar refractivity (Wildman–Crippen MR) is 133 cm³/mol. The van der Waals surface area contributed by atoms with E-state index >= 15 is 0 Å². The minimum absolute atomic E-state index is 0.177. The summed E-state index contributed by atoms with van der Waals surface area (Å²) in [5.74, 6) is -0.177. The summed E-state index contributed by atoms with van der Waals surface area (Å²) in [4.78, 5) is 18.3. The molecule has 30 heavy (non-hydrogen) atoms. The van der Waals surface area contributed by atoms with E-state index in [1.807, 2.05) is 12.1 Å². The van der Waals surface area contributed by atoms with Crippen LogP contribution in [-0.4, -0.2) is 27.6 Å². The van der Waals surface area contributed by atoms with Gasteiger partial charge in [0.25, 0.3) is 5.91 Å². The van der Waals surface area contributed by atoms with Gasteiger partial charge in [0.1, 0.15) is 9.92 Å². The van der Waals surface area contributed by atoms with Crippen LogP contribution in [0.3, 0.4) is 0 Å². The molecule has 0 atom stereocenters. The Bertz CT molecular complexity index is 1040. The van der Waals surface area contributed by atoms with Crippen LogP contribution in [0.15, 0.2) is 47.3 Å². The molecule has 0 fully saturated rings. The lowest BCUT2D eigenvalue weighted by molar-refractivity contribution is 0.103. The first kappa shape index (κ1) is 24.0.